The fourth-order valence-electron chi connectivity index (χ4n) is 2.32. The molecule has 1 aromatic carbocycles. The van der Waals surface area contributed by atoms with Crippen molar-refractivity contribution in [3.05, 3.63) is 52.7 Å². The third kappa shape index (κ3) is 2.80. The average molecular weight is 285 g/mol. The SMILES string of the molecule is Cc1cccc(N(C)c2nc(C)cc(C)c2C(N)=S)c1. The lowest BCUT2D eigenvalue weighted by Crippen LogP contribution is -2.21. The molecule has 0 saturated heterocycles. The highest BCUT2D eigenvalue weighted by Crippen LogP contribution is 2.28. The molecule has 104 valence electrons. The summed E-state index contributed by atoms with van der Waals surface area (Å²) in [7, 11) is 1.98. The molecule has 0 radical (unpaired) electrons. The van der Waals surface area contributed by atoms with Gasteiger partial charge in [-0.2, -0.15) is 0 Å². The summed E-state index contributed by atoms with van der Waals surface area (Å²) >= 11 is 5.19. The zero-order valence-corrected chi connectivity index (χ0v) is 13.1. The van der Waals surface area contributed by atoms with Crippen LogP contribution in [0, 0.1) is 20.8 Å². The molecule has 0 aliphatic carbocycles. The number of thiocarbonyl (C=S) groups is 1. The largest absolute Gasteiger partial charge is 0.389 e. The van der Waals surface area contributed by atoms with Crippen molar-refractivity contribution in [3.8, 4) is 0 Å². The Bertz CT molecular complexity index is 665. The maximum atomic E-state index is 5.88. The van der Waals surface area contributed by atoms with Gasteiger partial charge in [-0.05, 0) is 50.1 Å². The summed E-state index contributed by atoms with van der Waals surface area (Å²) in [5, 5.41) is 0. The molecule has 0 aliphatic heterocycles. The van der Waals surface area contributed by atoms with Crippen LogP contribution in [0.15, 0.2) is 30.3 Å². The number of hydrogen-bond acceptors (Lipinski definition) is 3. The Morgan fingerprint density at radius 2 is 1.90 bits per heavy atom. The number of nitrogens with two attached hydrogens (primary N) is 1. The Morgan fingerprint density at radius 3 is 2.50 bits per heavy atom. The molecular formula is C16H19N3S. The van der Waals surface area contributed by atoms with Gasteiger partial charge in [0.1, 0.15) is 10.8 Å². The normalized spacial score (nSPS) is 10.4. The second-order valence-corrected chi connectivity index (χ2v) is 5.48. The standard InChI is InChI=1S/C16H19N3S/c1-10-6-5-7-13(8-10)19(4)16-14(15(17)20)11(2)9-12(3)18-16/h5-9H,1-4H3,(H2,17,20). The van der Waals surface area contributed by atoms with Crippen LogP contribution in [-0.2, 0) is 0 Å². The van der Waals surface area contributed by atoms with E-state index in [2.05, 4.69) is 30.1 Å². The average Bonchev–Trinajstić information content (AvgIpc) is 2.36. The highest BCUT2D eigenvalue weighted by Gasteiger charge is 2.16. The molecule has 0 saturated carbocycles. The second-order valence-electron chi connectivity index (χ2n) is 5.04. The fourth-order valence-corrected chi connectivity index (χ4v) is 2.58. The van der Waals surface area contributed by atoms with Crippen LogP contribution in [0.5, 0.6) is 0 Å². The lowest BCUT2D eigenvalue weighted by atomic mass is 10.1. The third-order valence-electron chi connectivity index (χ3n) is 3.28. The number of aryl methyl sites for hydroxylation is 3. The van der Waals surface area contributed by atoms with Crippen LogP contribution in [0.3, 0.4) is 0 Å². The molecule has 0 unspecified atom stereocenters. The smallest absolute Gasteiger partial charge is 0.143 e. The van der Waals surface area contributed by atoms with Crippen molar-refractivity contribution < 1.29 is 0 Å². The van der Waals surface area contributed by atoms with E-state index in [9.17, 15) is 0 Å². The van der Waals surface area contributed by atoms with Crippen LogP contribution in [-0.4, -0.2) is 17.0 Å². The number of benzene rings is 1. The molecule has 0 spiro atoms. The van der Waals surface area contributed by atoms with Gasteiger partial charge in [-0.1, -0.05) is 24.4 Å². The quantitative estimate of drug-likeness (QED) is 0.878. The van der Waals surface area contributed by atoms with Crippen molar-refractivity contribution in [1.29, 1.82) is 0 Å². The van der Waals surface area contributed by atoms with Crippen molar-refractivity contribution >= 4 is 28.7 Å². The predicted molar refractivity (Wildman–Crippen MR) is 88.8 cm³/mol. The number of aromatic nitrogens is 1. The zero-order valence-electron chi connectivity index (χ0n) is 12.3. The first-order chi connectivity index (χ1) is 9.40. The minimum absolute atomic E-state index is 0.379. The first-order valence-corrected chi connectivity index (χ1v) is 6.89. The summed E-state index contributed by atoms with van der Waals surface area (Å²) in [4.78, 5) is 7.03. The monoisotopic (exact) mass is 285 g/mol. The molecule has 2 rings (SSSR count). The van der Waals surface area contributed by atoms with Gasteiger partial charge in [0.05, 0.1) is 5.56 Å². The van der Waals surface area contributed by atoms with Gasteiger partial charge in [0.15, 0.2) is 0 Å². The molecule has 3 nitrogen and oxygen atoms in total. The van der Waals surface area contributed by atoms with Crippen molar-refractivity contribution in [3.63, 3.8) is 0 Å². The highest BCUT2D eigenvalue weighted by atomic mass is 32.1. The van der Waals surface area contributed by atoms with Gasteiger partial charge in [-0.15, -0.1) is 0 Å². The van der Waals surface area contributed by atoms with E-state index in [4.69, 9.17) is 18.0 Å². The van der Waals surface area contributed by atoms with Gasteiger partial charge in [-0.25, -0.2) is 4.98 Å². The van der Waals surface area contributed by atoms with E-state index in [1.54, 1.807) is 0 Å². The minimum atomic E-state index is 0.379. The number of anilines is 2. The Hall–Kier alpha value is -1.94. The maximum Gasteiger partial charge on any atom is 0.143 e. The fraction of sp³-hybridized carbons (Fsp3) is 0.250. The van der Waals surface area contributed by atoms with Gasteiger partial charge in [0.2, 0.25) is 0 Å². The lowest BCUT2D eigenvalue weighted by molar-refractivity contribution is 1.07. The van der Waals surface area contributed by atoms with Crippen LogP contribution in [0.4, 0.5) is 11.5 Å². The van der Waals surface area contributed by atoms with E-state index in [0.29, 0.717) is 4.99 Å². The molecule has 0 aliphatic rings. The Morgan fingerprint density at radius 1 is 1.20 bits per heavy atom. The minimum Gasteiger partial charge on any atom is -0.389 e. The van der Waals surface area contributed by atoms with Gasteiger partial charge in [0, 0.05) is 18.4 Å². The molecule has 2 aromatic rings. The first kappa shape index (κ1) is 14.5. The van der Waals surface area contributed by atoms with Crippen LogP contribution in [0.25, 0.3) is 0 Å². The van der Waals surface area contributed by atoms with Crippen molar-refractivity contribution in [1.82, 2.24) is 4.98 Å². The first-order valence-electron chi connectivity index (χ1n) is 6.48. The summed E-state index contributed by atoms with van der Waals surface area (Å²) < 4.78 is 0. The zero-order chi connectivity index (χ0) is 14.9. The van der Waals surface area contributed by atoms with Crippen molar-refractivity contribution in [2.45, 2.75) is 20.8 Å². The number of hydrogen-bond donors (Lipinski definition) is 1. The van der Waals surface area contributed by atoms with Crippen LogP contribution in [0.2, 0.25) is 0 Å². The molecule has 0 amide bonds. The molecule has 0 fully saturated rings. The van der Waals surface area contributed by atoms with Gasteiger partial charge in [0.25, 0.3) is 0 Å². The van der Waals surface area contributed by atoms with E-state index in [-0.39, 0.29) is 0 Å². The summed E-state index contributed by atoms with van der Waals surface area (Å²) in [6, 6.07) is 10.3. The predicted octanol–water partition coefficient (Wildman–Crippen LogP) is 3.41. The van der Waals surface area contributed by atoms with E-state index in [1.165, 1.54) is 5.56 Å². The topological polar surface area (TPSA) is 42.2 Å². The molecule has 1 aromatic heterocycles. The lowest BCUT2D eigenvalue weighted by Gasteiger charge is -2.23. The van der Waals surface area contributed by atoms with Gasteiger partial charge < -0.3 is 10.6 Å². The molecule has 4 heteroatoms. The van der Waals surface area contributed by atoms with E-state index < -0.39 is 0 Å². The van der Waals surface area contributed by atoms with Crippen LogP contribution >= 0.6 is 12.2 Å². The van der Waals surface area contributed by atoms with Crippen LogP contribution in [0.1, 0.15) is 22.4 Å². The van der Waals surface area contributed by atoms with Gasteiger partial charge >= 0.3 is 0 Å². The molecule has 20 heavy (non-hydrogen) atoms. The summed E-state index contributed by atoms with van der Waals surface area (Å²) in [6.07, 6.45) is 0. The third-order valence-corrected chi connectivity index (χ3v) is 3.48. The second kappa shape index (κ2) is 5.59. The molecule has 1 heterocycles. The molecule has 2 N–H and O–H groups in total. The summed E-state index contributed by atoms with van der Waals surface area (Å²) in [5.74, 6) is 0.806. The van der Waals surface area contributed by atoms with E-state index in [0.717, 1.165) is 28.3 Å². The molecule has 0 bridgehead atoms. The highest BCUT2D eigenvalue weighted by molar-refractivity contribution is 7.80. The van der Waals surface area contributed by atoms with E-state index >= 15 is 0 Å². The van der Waals surface area contributed by atoms with Crippen LogP contribution < -0.4 is 10.6 Å². The van der Waals surface area contributed by atoms with Gasteiger partial charge in [-0.3, -0.25) is 0 Å². The summed E-state index contributed by atoms with van der Waals surface area (Å²) in [5.41, 5.74) is 11.0. The molecule has 0 atom stereocenters. The van der Waals surface area contributed by atoms with E-state index in [1.807, 2.05) is 37.9 Å². The van der Waals surface area contributed by atoms with Crippen molar-refractivity contribution in [2.75, 3.05) is 11.9 Å². The number of nitrogens with zero attached hydrogens (tertiary/aromatic N) is 2. The maximum absolute atomic E-state index is 5.88. The van der Waals surface area contributed by atoms with Crippen molar-refractivity contribution in [2.24, 2.45) is 5.73 Å². The Kier molecular flexibility index (Phi) is 4.04. The number of pyridine rings is 1. The Labute approximate surface area is 125 Å². The Balaban J connectivity index is 2.59. The molecular weight excluding hydrogens is 266 g/mol. The number of rotatable bonds is 3. The summed E-state index contributed by atoms with van der Waals surface area (Å²) in [6.45, 7) is 6.06.